The number of ether oxygens (including phenoxy) is 2. The fourth-order valence-electron chi connectivity index (χ4n) is 2.46. The van der Waals surface area contributed by atoms with Crippen molar-refractivity contribution in [3.05, 3.63) is 41.7 Å². The van der Waals surface area contributed by atoms with E-state index in [9.17, 15) is 4.79 Å². The lowest BCUT2D eigenvalue weighted by molar-refractivity contribution is 0.146. The third kappa shape index (κ3) is 6.11. The number of carbonyl (C=O) groups is 1. The monoisotopic (exact) mass is 346 g/mol. The zero-order valence-electron chi connectivity index (χ0n) is 15.2. The van der Waals surface area contributed by atoms with Gasteiger partial charge in [0.2, 0.25) is 0 Å². The van der Waals surface area contributed by atoms with Gasteiger partial charge in [-0.25, -0.2) is 4.79 Å². The summed E-state index contributed by atoms with van der Waals surface area (Å²) in [6.45, 7) is 7.50. The average molecular weight is 346 g/mol. The molecule has 0 bridgehead atoms. The number of aromatic nitrogens is 2. The maximum atomic E-state index is 12.2. The molecular formula is C18H26N4O3. The van der Waals surface area contributed by atoms with E-state index in [0.717, 1.165) is 11.4 Å². The van der Waals surface area contributed by atoms with E-state index in [4.69, 9.17) is 9.47 Å². The second-order valence-corrected chi connectivity index (χ2v) is 5.98. The molecule has 0 aliphatic heterocycles. The largest absolute Gasteiger partial charge is 0.491 e. The van der Waals surface area contributed by atoms with Crippen molar-refractivity contribution in [3.63, 3.8) is 0 Å². The molecule has 1 aromatic heterocycles. The van der Waals surface area contributed by atoms with Crippen LogP contribution in [-0.2, 0) is 11.3 Å². The van der Waals surface area contributed by atoms with Gasteiger partial charge in [0.1, 0.15) is 12.4 Å². The number of hydrogen-bond acceptors (Lipinski definition) is 4. The number of benzene rings is 1. The summed E-state index contributed by atoms with van der Waals surface area (Å²) in [6.07, 6.45) is 0. The first-order valence-electron chi connectivity index (χ1n) is 8.28. The predicted molar refractivity (Wildman–Crippen MR) is 97.1 cm³/mol. The number of nitrogens with zero attached hydrogens (tertiary/aromatic N) is 2. The summed E-state index contributed by atoms with van der Waals surface area (Å²) in [6, 6.07) is 8.96. The summed E-state index contributed by atoms with van der Waals surface area (Å²) in [5.41, 5.74) is 2.72. The van der Waals surface area contributed by atoms with Gasteiger partial charge in [-0.3, -0.25) is 4.68 Å². The highest BCUT2D eigenvalue weighted by Crippen LogP contribution is 2.17. The number of anilines is 1. The number of rotatable bonds is 8. The van der Waals surface area contributed by atoms with Gasteiger partial charge in [0.05, 0.1) is 18.8 Å². The highest BCUT2D eigenvalue weighted by atomic mass is 16.5. The minimum atomic E-state index is -0.261. The fraction of sp³-hybridized carbons (Fsp3) is 0.444. The molecule has 1 atom stereocenters. The van der Waals surface area contributed by atoms with E-state index in [1.54, 1.807) is 13.2 Å². The summed E-state index contributed by atoms with van der Waals surface area (Å²) >= 11 is 0. The minimum Gasteiger partial charge on any atom is -0.491 e. The van der Waals surface area contributed by atoms with Crippen molar-refractivity contribution < 1.29 is 14.3 Å². The normalized spacial score (nSPS) is 11.8. The Morgan fingerprint density at radius 3 is 2.76 bits per heavy atom. The molecule has 0 unspecified atom stereocenters. The summed E-state index contributed by atoms with van der Waals surface area (Å²) in [7, 11) is 1.62. The predicted octanol–water partition coefficient (Wildman–Crippen LogP) is 2.74. The highest BCUT2D eigenvalue weighted by molar-refractivity contribution is 5.89. The van der Waals surface area contributed by atoms with E-state index in [-0.39, 0.29) is 12.1 Å². The summed E-state index contributed by atoms with van der Waals surface area (Å²) in [5, 5.41) is 10.1. The van der Waals surface area contributed by atoms with Crippen LogP contribution < -0.4 is 15.4 Å². The molecular weight excluding hydrogens is 320 g/mol. The van der Waals surface area contributed by atoms with E-state index in [1.807, 2.05) is 49.7 Å². The second kappa shape index (κ2) is 9.08. The van der Waals surface area contributed by atoms with Crippen molar-refractivity contribution in [2.24, 2.45) is 0 Å². The van der Waals surface area contributed by atoms with Crippen molar-refractivity contribution in [3.8, 4) is 5.75 Å². The fourth-order valence-corrected chi connectivity index (χ4v) is 2.46. The number of amides is 2. The molecule has 2 amide bonds. The Morgan fingerprint density at radius 1 is 1.28 bits per heavy atom. The van der Waals surface area contributed by atoms with E-state index in [2.05, 4.69) is 15.7 Å². The smallest absolute Gasteiger partial charge is 0.319 e. The van der Waals surface area contributed by atoms with Crippen LogP contribution in [-0.4, -0.2) is 42.2 Å². The van der Waals surface area contributed by atoms with Gasteiger partial charge >= 0.3 is 6.03 Å². The van der Waals surface area contributed by atoms with Crippen LogP contribution in [0.5, 0.6) is 5.75 Å². The zero-order chi connectivity index (χ0) is 18.2. The molecule has 0 aliphatic carbocycles. The van der Waals surface area contributed by atoms with Gasteiger partial charge in [-0.05, 0) is 39.0 Å². The Morgan fingerprint density at radius 2 is 2.08 bits per heavy atom. The van der Waals surface area contributed by atoms with Gasteiger partial charge in [-0.1, -0.05) is 6.07 Å². The molecule has 0 radical (unpaired) electrons. The Labute approximate surface area is 148 Å². The maximum absolute atomic E-state index is 12.2. The molecule has 0 fully saturated rings. The Kier molecular flexibility index (Phi) is 6.82. The SMILES string of the molecule is COCCOc1cccc(NC(=O)N[C@@H](C)Cn2nc(C)cc2C)c1. The van der Waals surface area contributed by atoms with Crippen LogP contribution in [0, 0.1) is 13.8 Å². The molecule has 7 heteroatoms. The third-order valence-corrected chi connectivity index (χ3v) is 3.58. The summed E-state index contributed by atoms with van der Waals surface area (Å²) < 4.78 is 12.4. The Balaban J connectivity index is 1.85. The van der Waals surface area contributed by atoms with E-state index >= 15 is 0 Å². The number of aryl methyl sites for hydroxylation is 2. The van der Waals surface area contributed by atoms with Gasteiger partial charge in [0.15, 0.2) is 0 Å². The van der Waals surface area contributed by atoms with Gasteiger partial charge in [0.25, 0.3) is 0 Å². The van der Waals surface area contributed by atoms with Crippen molar-refractivity contribution in [2.75, 3.05) is 25.6 Å². The number of carbonyl (C=O) groups excluding carboxylic acids is 1. The molecule has 1 heterocycles. The minimum absolute atomic E-state index is 0.0564. The topological polar surface area (TPSA) is 77.4 Å². The van der Waals surface area contributed by atoms with E-state index in [1.165, 1.54) is 0 Å². The van der Waals surface area contributed by atoms with Gasteiger partial charge in [-0.15, -0.1) is 0 Å². The third-order valence-electron chi connectivity index (χ3n) is 3.58. The average Bonchev–Trinajstić information content (AvgIpc) is 2.85. The lowest BCUT2D eigenvalue weighted by Crippen LogP contribution is -2.38. The lowest BCUT2D eigenvalue weighted by atomic mass is 10.3. The zero-order valence-corrected chi connectivity index (χ0v) is 15.2. The van der Waals surface area contributed by atoms with Crippen molar-refractivity contribution in [1.82, 2.24) is 15.1 Å². The molecule has 136 valence electrons. The molecule has 25 heavy (non-hydrogen) atoms. The molecule has 2 N–H and O–H groups in total. The molecule has 0 saturated heterocycles. The first kappa shape index (κ1) is 18.8. The van der Waals surface area contributed by atoms with Gasteiger partial charge in [0, 0.05) is 30.6 Å². The molecule has 2 aromatic rings. The van der Waals surface area contributed by atoms with Crippen LogP contribution in [0.1, 0.15) is 18.3 Å². The van der Waals surface area contributed by atoms with Crippen LogP contribution in [0.3, 0.4) is 0 Å². The van der Waals surface area contributed by atoms with E-state index in [0.29, 0.717) is 31.2 Å². The van der Waals surface area contributed by atoms with Crippen LogP contribution in [0.15, 0.2) is 30.3 Å². The number of methoxy groups -OCH3 is 1. The Bertz CT molecular complexity index is 699. The van der Waals surface area contributed by atoms with Crippen molar-refractivity contribution in [2.45, 2.75) is 33.4 Å². The van der Waals surface area contributed by atoms with Crippen LogP contribution in [0.25, 0.3) is 0 Å². The number of nitrogens with one attached hydrogen (secondary N) is 2. The molecule has 1 aromatic carbocycles. The quantitative estimate of drug-likeness (QED) is 0.721. The molecule has 7 nitrogen and oxygen atoms in total. The molecule has 0 spiro atoms. The first-order valence-corrected chi connectivity index (χ1v) is 8.28. The van der Waals surface area contributed by atoms with Crippen LogP contribution >= 0.6 is 0 Å². The summed E-state index contributed by atoms with van der Waals surface area (Å²) in [4.78, 5) is 12.2. The van der Waals surface area contributed by atoms with Gasteiger partial charge < -0.3 is 20.1 Å². The molecule has 0 saturated carbocycles. The molecule has 2 rings (SSSR count). The second-order valence-electron chi connectivity index (χ2n) is 5.98. The van der Waals surface area contributed by atoms with Gasteiger partial charge in [-0.2, -0.15) is 5.10 Å². The van der Waals surface area contributed by atoms with Crippen LogP contribution in [0.2, 0.25) is 0 Å². The molecule has 0 aliphatic rings. The number of urea groups is 1. The van der Waals surface area contributed by atoms with Crippen molar-refractivity contribution >= 4 is 11.7 Å². The van der Waals surface area contributed by atoms with Crippen molar-refractivity contribution in [1.29, 1.82) is 0 Å². The standard InChI is InChI=1S/C18H26N4O3/c1-13-10-15(3)22(21-13)12-14(2)19-18(23)20-16-6-5-7-17(11-16)25-9-8-24-4/h5-7,10-11,14H,8-9,12H2,1-4H3,(H2,19,20,23)/t14-/m0/s1. The Hall–Kier alpha value is -2.54. The van der Waals surface area contributed by atoms with Crippen LogP contribution in [0.4, 0.5) is 10.5 Å². The highest BCUT2D eigenvalue weighted by Gasteiger charge is 2.10. The maximum Gasteiger partial charge on any atom is 0.319 e. The first-order chi connectivity index (χ1) is 12.0. The summed E-state index contributed by atoms with van der Waals surface area (Å²) in [5.74, 6) is 0.686. The lowest BCUT2D eigenvalue weighted by Gasteiger charge is -2.16. The number of hydrogen-bond donors (Lipinski definition) is 2. The van der Waals surface area contributed by atoms with E-state index < -0.39 is 0 Å².